The van der Waals surface area contributed by atoms with Crippen LogP contribution in [0.3, 0.4) is 0 Å². The third kappa shape index (κ3) is 2.71. The quantitative estimate of drug-likeness (QED) is 0.574. The second-order valence-electron chi connectivity index (χ2n) is 7.13. The molecule has 0 radical (unpaired) electrons. The first-order valence-corrected chi connectivity index (χ1v) is 9.65. The number of allylic oxidation sites excluding steroid dienone is 1. The Balaban J connectivity index is 1.87. The Labute approximate surface area is 172 Å². The summed E-state index contributed by atoms with van der Waals surface area (Å²) < 4.78 is 2.31. The Morgan fingerprint density at radius 1 is 0.700 bits per heavy atom. The van der Waals surface area contributed by atoms with Crippen LogP contribution in [0.2, 0.25) is 0 Å². The van der Waals surface area contributed by atoms with Crippen molar-refractivity contribution >= 4 is 6.08 Å². The highest BCUT2D eigenvalue weighted by Gasteiger charge is 2.29. The maximum absolute atomic E-state index is 13.5. The van der Waals surface area contributed by atoms with Crippen molar-refractivity contribution in [1.29, 1.82) is 0 Å². The van der Waals surface area contributed by atoms with E-state index in [0.717, 1.165) is 15.7 Å². The molecule has 0 saturated carbocycles. The second kappa shape index (κ2) is 7.04. The molecule has 1 N–H and O–H groups in total. The Hall–Kier alpha value is -4.12. The lowest BCUT2D eigenvalue weighted by Crippen LogP contribution is -2.40. The van der Waals surface area contributed by atoms with Crippen LogP contribution in [0.1, 0.15) is 22.6 Å². The Kier molecular flexibility index (Phi) is 4.21. The van der Waals surface area contributed by atoms with Crippen molar-refractivity contribution < 1.29 is 5.11 Å². The smallest absolute Gasteiger partial charge is 0.343 e. The highest BCUT2D eigenvalue weighted by molar-refractivity contribution is 5.66. The van der Waals surface area contributed by atoms with Crippen molar-refractivity contribution in [1.82, 2.24) is 9.13 Å². The fourth-order valence-electron chi connectivity index (χ4n) is 4.00. The van der Waals surface area contributed by atoms with E-state index in [-0.39, 0.29) is 11.4 Å². The van der Waals surface area contributed by atoms with Gasteiger partial charge in [-0.2, -0.15) is 0 Å². The van der Waals surface area contributed by atoms with E-state index in [1.54, 1.807) is 48.5 Å². The van der Waals surface area contributed by atoms with E-state index in [0.29, 0.717) is 11.4 Å². The van der Waals surface area contributed by atoms with Gasteiger partial charge >= 0.3 is 5.69 Å². The van der Waals surface area contributed by atoms with Crippen molar-refractivity contribution in [2.75, 3.05) is 0 Å². The average Bonchev–Trinajstić information content (AvgIpc) is 3.19. The molecule has 1 aliphatic carbocycles. The molecule has 3 aromatic carbocycles. The Morgan fingerprint density at radius 2 is 1.27 bits per heavy atom. The van der Waals surface area contributed by atoms with Gasteiger partial charge in [0.05, 0.1) is 16.9 Å². The standard InChI is InChI=1S/C25H18N2O3/c28-23-22(21-16-15-17-9-7-8-14-20(17)21)24(29)27(19-12-5-2-6-13-19)25(30)26(23)18-10-3-1-4-11-18/h1-16,21,28H. The molecule has 0 saturated heterocycles. The summed E-state index contributed by atoms with van der Waals surface area (Å²) in [7, 11) is 0. The van der Waals surface area contributed by atoms with Crippen LogP contribution in [0.15, 0.2) is 101 Å². The van der Waals surface area contributed by atoms with E-state index in [1.165, 1.54) is 4.57 Å². The number of para-hydroxylation sites is 2. The van der Waals surface area contributed by atoms with Gasteiger partial charge in [0.25, 0.3) is 5.56 Å². The molecule has 0 fully saturated rings. The molecule has 5 rings (SSSR count). The molecule has 0 amide bonds. The summed E-state index contributed by atoms with van der Waals surface area (Å²) in [6.07, 6.45) is 3.82. The van der Waals surface area contributed by atoms with Gasteiger partial charge in [0.1, 0.15) is 0 Å². The van der Waals surface area contributed by atoms with E-state index in [9.17, 15) is 14.7 Å². The Bertz CT molecular complexity index is 1380. The predicted molar refractivity (Wildman–Crippen MR) is 117 cm³/mol. The minimum atomic E-state index is -0.617. The summed E-state index contributed by atoms with van der Waals surface area (Å²) in [5.41, 5.74) is 1.88. The molecule has 4 aromatic rings. The highest BCUT2D eigenvalue weighted by atomic mass is 16.3. The minimum Gasteiger partial charge on any atom is -0.494 e. The van der Waals surface area contributed by atoms with E-state index in [1.807, 2.05) is 48.6 Å². The summed E-state index contributed by atoms with van der Waals surface area (Å²) >= 11 is 0. The fourth-order valence-corrected chi connectivity index (χ4v) is 4.00. The van der Waals surface area contributed by atoms with E-state index in [2.05, 4.69) is 0 Å². The lowest BCUT2D eigenvalue weighted by atomic mass is 9.94. The van der Waals surface area contributed by atoms with Crippen LogP contribution in [0.5, 0.6) is 5.88 Å². The molecule has 30 heavy (non-hydrogen) atoms. The molecule has 0 bridgehead atoms. The van der Waals surface area contributed by atoms with Crippen molar-refractivity contribution in [3.63, 3.8) is 0 Å². The second-order valence-corrected chi connectivity index (χ2v) is 7.13. The first kappa shape index (κ1) is 17.9. The molecule has 1 heterocycles. The van der Waals surface area contributed by atoms with Crippen LogP contribution in [0, 0.1) is 0 Å². The lowest BCUT2D eigenvalue weighted by molar-refractivity contribution is 0.419. The summed E-state index contributed by atoms with van der Waals surface area (Å²) in [6.45, 7) is 0. The number of rotatable bonds is 3. The molecule has 0 aliphatic heterocycles. The van der Waals surface area contributed by atoms with Crippen LogP contribution in [-0.2, 0) is 0 Å². The Morgan fingerprint density at radius 3 is 1.93 bits per heavy atom. The lowest BCUT2D eigenvalue weighted by Gasteiger charge is -2.19. The average molecular weight is 394 g/mol. The molecule has 5 heteroatoms. The summed E-state index contributed by atoms with van der Waals surface area (Å²) in [5, 5.41) is 11.2. The molecule has 5 nitrogen and oxygen atoms in total. The number of fused-ring (bicyclic) bond motifs is 1. The summed E-state index contributed by atoms with van der Waals surface area (Å²) in [6, 6.07) is 25.3. The van der Waals surface area contributed by atoms with Crippen LogP contribution in [0.25, 0.3) is 17.5 Å². The van der Waals surface area contributed by atoms with Gasteiger partial charge in [-0.25, -0.2) is 13.9 Å². The number of aromatic nitrogens is 2. The third-order valence-electron chi connectivity index (χ3n) is 5.41. The first-order valence-electron chi connectivity index (χ1n) is 9.65. The van der Waals surface area contributed by atoms with Crippen LogP contribution >= 0.6 is 0 Å². The zero-order chi connectivity index (χ0) is 20.7. The normalized spacial score (nSPS) is 14.6. The predicted octanol–water partition coefficient (Wildman–Crippen LogP) is 3.85. The molecule has 1 unspecified atom stereocenters. The van der Waals surface area contributed by atoms with Crippen LogP contribution in [-0.4, -0.2) is 14.2 Å². The number of hydrogen-bond acceptors (Lipinski definition) is 3. The molecule has 0 spiro atoms. The molecular formula is C25H18N2O3. The van der Waals surface area contributed by atoms with E-state index >= 15 is 0 Å². The maximum Gasteiger partial charge on any atom is 0.343 e. The van der Waals surface area contributed by atoms with Crippen LogP contribution in [0.4, 0.5) is 0 Å². The maximum atomic E-state index is 13.5. The molecule has 1 atom stereocenters. The van der Waals surface area contributed by atoms with Crippen molar-refractivity contribution in [3.05, 3.63) is 129 Å². The number of aromatic hydroxyl groups is 1. The topological polar surface area (TPSA) is 64.2 Å². The fraction of sp³-hybridized carbons (Fsp3) is 0.0400. The number of hydrogen-bond donors (Lipinski definition) is 1. The van der Waals surface area contributed by atoms with Crippen molar-refractivity contribution in [3.8, 4) is 17.3 Å². The van der Waals surface area contributed by atoms with Gasteiger partial charge < -0.3 is 5.11 Å². The van der Waals surface area contributed by atoms with Gasteiger partial charge in [-0.15, -0.1) is 0 Å². The van der Waals surface area contributed by atoms with Gasteiger partial charge in [-0.3, -0.25) is 4.79 Å². The summed E-state index contributed by atoms with van der Waals surface area (Å²) in [5.74, 6) is -0.783. The SMILES string of the molecule is O=c1c(C2C=Cc3ccccc32)c(O)n(-c2ccccc2)c(=O)n1-c1ccccc1. The number of benzene rings is 3. The van der Waals surface area contributed by atoms with Crippen molar-refractivity contribution in [2.45, 2.75) is 5.92 Å². The number of nitrogens with zero attached hydrogens (tertiary/aromatic N) is 2. The highest BCUT2D eigenvalue weighted by Crippen LogP contribution is 2.37. The van der Waals surface area contributed by atoms with Crippen LogP contribution < -0.4 is 11.2 Å². The van der Waals surface area contributed by atoms with Gasteiger partial charge in [-0.05, 0) is 35.4 Å². The molecule has 1 aromatic heterocycles. The van der Waals surface area contributed by atoms with E-state index in [4.69, 9.17) is 0 Å². The van der Waals surface area contributed by atoms with Gasteiger partial charge in [0.2, 0.25) is 5.88 Å². The monoisotopic (exact) mass is 394 g/mol. The van der Waals surface area contributed by atoms with E-state index < -0.39 is 17.2 Å². The minimum absolute atomic E-state index is 0.170. The zero-order valence-electron chi connectivity index (χ0n) is 16.0. The molecule has 1 aliphatic rings. The molecule has 146 valence electrons. The van der Waals surface area contributed by atoms with Crippen molar-refractivity contribution in [2.24, 2.45) is 0 Å². The first-order chi connectivity index (χ1) is 14.7. The van der Waals surface area contributed by atoms with Gasteiger partial charge in [0, 0.05) is 5.92 Å². The zero-order valence-corrected chi connectivity index (χ0v) is 16.0. The third-order valence-corrected chi connectivity index (χ3v) is 5.41. The van der Waals surface area contributed by atoms with Gasteiger partial charge in [0.15, 0.2) is 0 Å². The molecular weight excluding hydrogens is 376 g/mol. The summed E-state index contributed by atoms with van der Waals surface area (Å²) in [4.78, 5) is 26.9. The van der Waals surface area contributed by atoms with Gasteiger partial charge in [-0.1, -0.05) is 72.8 Å². The largest absolute Gasteiger partial charge is 0.494 e.